The summed E-state index contributed by atoms with van der Waals surface area (Å²) in [6.07, 6.45) is 7.49. The van der Waals surface area contributed by atoms with Gasteiger partial charge in [-0.2, -0.15) is 0 Å². The van der Waals surface area contributed by atoms with Crippen LogP contribution < -0.4 is 4.90 Å². The Bertz CT molecular complexity index is 520. The molecule has 1 saturated carbocycles. The molecular weight excluding hydrogens is 315 g/mol. The van der Waals surface area contributed by atoms with Crippen molar-refractivity contribution in [2.24, 2.45) is 5.92 Å². The smallest absolute Gasteiger partial charge is 0.146 e. The molecule has 1 aliphatic heterocycles. The van der Waals surface area contributed by atoms with Gasteiger partial charge in [-0.05, 0) is 31.5 Å². The number of benzene rings is 1. The van der Waals surface area contributed by atoms with Gasteiger partial charge < -0.3 is 14.6 Å². The molecule has 3 rings (SSSR count). The van der Waals surface area contributed by atoms with E-state index in [4.69, 9.17) is 0 Å². The first-order valence-corrected chi connectivity index (χ1v) is 9.81. The van der Waals surface area contributed by atoms with E-state index in [0.717, 1.165) is 50.7 Å². The van der Waals surface area contributed by atoms with Crippen LogP contribution in [0.15, 0.2) is 24.3 Å². The lowest BCUT2D eigenvalue weighted by atomic mass is 9.86. The molecule has 0 amide bonds. The average molecular weight is 349 g/mol. The van der Waals surface area contributed by atoms with E-state index in [9.17, 15) is 9.18 Å². The molecule has 0 unspecified atom stereocenters. The lowest BCUT2D eigenvalue weighted by Gasteiger charge is -2.35. The van der Waals surface area contributed by atoms with Crippen LogP contribution in [0.4, 0.5) is 10.1 Å². The van der Waals surface area contributed by atoms with Crippen LogP contribution in [0.2, 0.25) is 0 Å². The lowest BCUT2D eigenvalue weighted by molar-refractivity contribution is -0.118. The van der Waals surface area contributed by atoms with E-state index in [1.807, 2.05) is 12.1 Å². The van der Waals surface area contributed by atoms with Crippen molar-refractivity contribution in [1.82, 2.24) is 4.90 Å². The van der Waals surface area contributed by atoms with Gasteiger partial charge in [0.2, 0.25) is 0 Å². The highest BCUT2D eigenvalue weighted by atomic mass is 19.1. The second-order valence-corrected chi connectivity index (χ2v) is 7.28. The molecule has 2 aliphatic rings. The minimum atomic E-state index is -0.109. The summed E-state index contributed by atoms with van der Waals surface area (Å²) in [6.45, 7) is 8.87. The summed E-state index contributed by atoms with van der Waals surface area (Å²) < 4.78 is 13.5. The number of para-hydroxylation sites is 1. The van der Waals surface area contributed by atoms with Gasteiger partial charge >= 0.3 is 0 Å². The van der Waals surface area contributed by atoms with Crippen LogP contribution in [0, 0.1) is 11.7 Å². The summed E-state index contributed by atoms with van der Waals surface area (Å²) in [6, 6.07) is 7.02. The predicted molar refractivity (Wildman–Crippen MR) is 103 cm³/mol. The van der Waals surface area contributed by atoms with Gasteiger partial charge in [0.25, 0.3) is 0 Å². The van der Waals surface area contributed by atoms with Crippen molar-refractivity contribution in [2.75, 3.05) is 37.6 Å². The molecule has 1 aliphatic carbocycles. The Morgan fingerprint density at radius 3 is 2.28 bits per heavy atom. The van der Waals surface area contributed by atoms with Crippen molar-refractivity contribution >= 4 is 11.5 Å². The van der Waals surface area contributed by atoms with Crippen LogP contribution >= 0.6 is 0 Å². The van der Waals surface area contributed by atoms with Crippen LogP contribution in [-0.4, -0.2) is 43.4 Å². The summed E-state index contributed by atoms with van der Waals surface area (Å²) in [5.74, 6) is 0.987. The standard InChI is InChI=1S/C12H17FN2.C9H16O/c1-2-14-7-9-15(10-8-14)12-6-4-3-5-11(12)13;1-8(10)7-9-5-3-2-4-6-9/h3-6H,2,7-10H2,1H3;9H,2-7H2,1H3. The minimum Gasteiger partial charge on any atom is -0.367 e. The molecule has 0 bridgehead atoms. The highest BCUT2D eigenvalue weighted by Crippen LogP contribution is 2.26. The van der Waals surface area contributed by atoms with Crippen LogP contribution in [0.25, 0.3) is 0 Å². The Morgan fingerprint density at radius 1 is 1.08 bits per heavy atom. The fraction of sp³-hybridized carbons (Fsp3) is 0.667. The third-order valence-electron chi connectivity index (χ3n) is 5.31. The van der Waals surface area contributed by atoms with E-state index in [0.29, 0.717) is 5.78 Å². The molecule has 1 aromatic carbocycles. The number of hydrogen-bond acceptors (Lipinski definition) is 3. The maximum Gasteiger partial charge on any atom is 0.146 e. The van der Waals surface area contributed by atoms with Gasteiger partial charge in [0.1, 0.15) is 11.6 Å². The predicted octanol–water partition coefficient (Wildman–Crippen LogP) is 4.51. The molecule has 25 heavy (non-hydrogen) atoms. The highest BCUT2D eigenvalue weighted by molar-refractivity contribution is 5.75. The Morgan fingerprint density at radius 2 is 1.72 bits per heavy atom. The van der Waals surface area contributed by atoms with Crippen LogP contribution in [0.3, 0.4) is 0 Å². The van der Waals surface area contributed by atoms with Crippen LogP contribution in [0.1, 0.15) is 52.4 Å². The molecule has 3 nitrogen and oxygen atoms in total. The quantitative estimate of drug-likeness (QED) is 0.800. The molecule has 2 fully saturated rings. The molecule has 140 valence electrons. The third-order valence-corrected chi connectivity index (χ3v) is 5.31. The van der Waals surface area contributed by atoms with Gasteiger partial charge in [0.05, 0.1) is 5.69 Å². The number of hydrogen-bond donors (Lipinski definition) is 0. The largest absolute Gasteiger partial charge is 0.367 e. The minimum absolute atomic E-state index is 0.109. The lowest BCUT2D eigenvalue weighted by Crippen LogP contribution is -2.46. The van der Waals surface area contributed by atoms with E-state index in [1.54, 1.807) is 13.0 Å². The number of rotatable bonds is 4. The van der Waals surface area contributed by atoms with Crippen molar-refractivity contribution in [3.8, 4) is 0 Å². The molecule has 4 heteroatoms. The Labute approximate surface area is 152 Å². The first-order chi connectivity index (χ1) is 12.1. The molecule has 0 atom stereocenters. The van der Waals surface area contributed by atoms with Crippen molar-refractivity contribution in [3.05, 3.63) is 30.1 Å². The monoisotopic (exact) mass is 348 g/mol. The van der Waals surface area contributed by atoms with Crippen molar-refractivity contribution in [3.63, 3.8) is 0 Å². The van der Waals surface area contributed by atoms with Gasteiger partial charge in [0, 0.05) is 32.6 Å². The van der Waals surface area contributed by atoms with Gasteiger partial charge in [0.15, 0.2) is 0 Å². The van der Waals surface area contributed by atoms with Gasteiger partial charge in [-0.25, -0.2) is 4.39 Å². The van der Waals surface area contributed by atoms with E-state index in [-0.39, 0.29) is 5.82 Å². The van der Waals surface area contributed by atoms with E-state index < -0.39 is 0 Å². The maximum absolute atomic E-state index is 13.5. The van der Waals surface area contributed by atoms with Gasteiger partial charge in [-0.3, -0.25) is 0 Å². The second kappa shape index (κ2) is 10.5. The summed E-state index contributed by atoms with van der Waals surface area (Å²) in [4.78, 5) is 15.2. The number of nitrogens with zero attached hydrogens (tertiary/aromatic N) is 2. The normalized spacial score (nSPS) is 19.2. The molecule has 1 heterocycles. The molecule has 1 aromatic rings. The average Bonchev–Trinajstić information content (AvgIpc) is 2.63. The van der Waals surface area contributed by atoms with Gasteiger partial charge in [-0.15, -0.1) is 0 Å². The molecule has 0 aromatic heterocycles. The Balaban J connectivity index is 0.000000196. The summed E-state index contributed by atoms with van der Waals surface area (Å²) >= 11 is 0. The number of Topliss-reactive ketones (excluding diaryl/α,β-unsaturated/α-hetero) is 1. The third kappa shape index (κ3) is 6.77. The zero-order valence-electron chi connectivity index (χ0n) is 15.8. The fourth-order valence-electron chi connectivity index (χ4n) is 3.81. The summed E-state index contributed by atoms with van der Waals surface area (Å²) in [7, 11) is 0. The Hall–Kier alpha value is -1.42. The second-order valence-electron chi connectivity index (χ2n) is 7.28. The number of ketones is 1. The molecule has 0 radical (unpaired) electrons. The maximum atomic E-state index is 13.5. The molecule has 1 saturated heterocycles. The SMILES string of the molecule is CC(=O)CC1CCCCC1.CCN1CCN(c2ccccc2F)CC1. The fourth-order valence-corrected chi connectivity index (χ4v) is 3.81. The molecular formula is C21H33FN2O. The number of piperazine rings is 1. The van der Waals surface area contributed by atoms with Crippen LogP contribution in [-0.2, 0) is 4.79 Å². The Kier molecular flexibility index (Phi) is 8.39. The van der Waals surface area contributed by atoms with E-state index in [2.05, 4.69) is 16.7 Å². The number of anilines is 1. The van der Waals surface area contributed by atoms with E-state index in [1.165, 1.54) is 38.2 Å². The van der Waals surface area contributed by atoms with Crippen molar-refractivity contribution in [1.29, 1.82) is 0 Å². The zero-order valence-corrected chi connectivity index (χ0v) is 15.8. The molecule has 0 N–H and O–H groups in total. The highest BCUT2D eigenvalue weighted by Gasteiger charge is 2.17. The number of carbonyl (C=O) groups is 1. The number of likely N-dealkylation sites (N-methyl/N-ethyl adjacent to an activating group) is 1. The molecule has 0 spiro atoms. The van der Waals surface area contributed by atoms with Crippen molar-refractivity contribution < 1.29 is 9.18 Å². The number of carbonyl (C=O) groups excluding carboxylic acids is 1. The topological polar surface area (TPSA) is 23.6 Å². The first kappa shape index (κ1) is 19.9. The van der Waals surface area contributed by atoms with Crippen LogP contribution in [0.5, 0.6) is 0 Å². The van der Waals surface area contributed by atoms with Gasteiger partial charge in [-0.1, -0.05) is 51.2 Å². The zero-order chi connectivity index (χ0) is 18.1. The summed E-state index contributed by atoms with van der Waals surface area (Å²) in [5, 5.41) is 0. The number of halogens is 1. The first-order valence-electron chi connectivity index (χ1n) is 9.81. The van der Waals surface area contributed by atoms with Crippen molar-refractivity contribution in [2.45, 2.75) is 52.4 Å². The van der Waals surface area contributed by atoms with E-state index >= 15 is 0 Å². The summed E-state index contributed by atoms with van der Waals surface area (Å²) in [5.41, 5.74) is 0.744.